The van der Waals surface area contributed by atoms with Crippen molar-refractivity contribution in [3.8, 4) is 33.9 Å². The number of benzene rings is 4. The maximum atomic E-state index is 12.1. The summed E-state index contributed by atoms with van der Waals surface area (Å²) in [5.41, 5.74) is 8.06. The molecule has 0 fully saturated rings. The molecule has 7 heteroatoms. The zero-order valence-electron chi connectivity index (χ0n) is 20.6. The average Bonchev–Trinajstić information content (AvgIpc) is 2.96. The number of fused-ring (bicyclic) bond motifs is 1. The highest BCUT2D eigenvalue weighted by Crippen LogP contribution is 2.33. The van der Waals surface area contributed by atoms with E-state index in [2.05, 4.69) is 28.7 Å². The van der Waals surface area contributed by atoms with E-state index < -0.39 is 0 Å². The van der Waals surface area contributed by atoms with E-state index in [1.54, 1.807) is 13.3 Å². The first-order chi connectivity index (χ1) is 18.6. The van der Waals surface area contributed by atoms with Crippen molar-refractivity contribution in [3.05, 3.63) is 114 Å². The predicted octanol–water partition coefficient (Wildman–Crippen LogP) is 6.76. The number of carbonyl (C=O) groups excluding carboxylic acids is 1. The van der Waals surface area contributed by atoms with Gasteiger partial charge in [0.15, 0.2) is 6.61 Å². The van der Waals surface area contributed by atoms with Gasteiger partial charge in [-0.3, -0.25) is 4.79 Å². The molecule has 0 bridgehead atoms. The van der Waals surface area contributed by atoms with Gasteiger partial charge >= 0.3 is 0 Å². The van der Waals surface area contributed by atoms with Crippen LogP contribution in [-0.2, 0) is 4.79 Å². The van der Waals surface area contributed by atoms with Crippen LogP contribution in [0.25, 0.3) is 33.3 Å². The summed E-state index contributed by atoms with van der Waals surface area (Å²) in [4.78, 5) is 17.0. The number of amides is 1. The van der Waals surface area contributed by atoms with Crippen molar-refractivity contribution in [2.75, 3.05) is 13.7 Å². The van der Waals surface area contributed by atoms with Crippen molar-refractivity contribution < 1.29 is 14.3 Å². The van der Waals surface area contributed by atoms with Crippen molar-refractivity contribution in [2.45, 2.75) is 0 Å². The third-order valence-electron chi connectivity index (χ3n) is 5.89. The Morgan fingerprint density at radius 1 is 0.895 bits per heavy atom. The molecule has 1 amide bonds. The quantitative estimate of drug-likeness (QED) is 0.181. The van der Waals surface area contributed by atoms with Gasteiger partial charge in [0.1, 0.15) is 11.5 Å². The first kappa shape index (κ1) is 25.0. The topological polar surface area (TPSA) is 72.8 Å². The van der Waals surface area contributed by atoms with E-state index >= 15 is 0 Å². The van der Waals surface area contributed by atoms with E-state index in [1.807, 2.05) is 84.9 Å². The molecule has 0 aliphatic rings. The van der Waals surface area contributed by atoms with Crippen LogP contribution in [0.3, 0.4) is 0 Å². The number of nitrogens with zero attached hydrogens (tertiary/aromatic N) is 2. The van der Waals surface area contributed by atoms with Crippen molar-refractivity contribution in [2.24, 2.45) is 5.10 Å². The number of hydrogen-bond acceptors (Lipinski definition) is 5. The Kier molecular flexibility index (Phi) is 7.62. The smallest absolute Gasteiger partial charge is 0.277 e. The number of nitrogens with one attached hydrogen (secondary N) is 1. The molecule has 1 N–H and O–H groups in total. The number of hydrazone groups is 1. The lowest BCUT2D eigenvalue weighted by molar-refractivity contribution is -0.123. The fraction of sp³-hybridized carbons (Fsp3) is 0.0645. The summed E-state index contributed by atoms with van der Waals surface area (Å²) in [5.74, 6) is 0.962. The minimum absolute atomic E-state index is 0.160. The van der Waals surface area contributed by atoms with Crippen LogP contribution in [0.2, 0.25) is 5.02 Å². The summed E-state index contributed by atoms with van der Waals surface area (Å²) in [7, 11) is 1.61. The molecule has 5 aromatic rings. The zero-order chi connectivity index (χ0) is 26.3. The number of hydrogen-bond donors (Lipinski definition) is 1. The van der Waals surface area contributed by atoms with E-state index in [0.29, 0.717) is 10.8 Å². The fourth-order valence-electron chi connectivity index (χ4n) is 3.97. The minimum Gasteiger partial charge on any atom is -0.497 e. The largest absolute Gasteiger partial charge is 0.497 e. The monoisotopic (exact) mass is 521 g/mol. The Morgan fingerprint density at radius 3 is 2.37 bits per heavy atom. The molecule has 38 heavy (non-hydrogen) atoms. The molecular weight excluding hydrogens is 498 g/mol. The molecule has 6 nitrogen and oxygen atoms in total. The SMILES string of the molecule is COc1ccc(C=NNC(=O)COc2ccc(-c3cc(-c4ccccc4)c4cc(Cl)ccc4n3)cc2)cc1. The van der Waals surface area contributed by atoms with Crippen LogP contribution in [0, 0.1) is 0 Å². The first-order valence-corrected chi connectivity index (χ1v) is 12.3. The molecule has 0 radical (unpaired) electrons. The molecule has 0 spiro atoms. The zero-order valence-corrected chi connectivity index (χ0v) is 21.4. The number of carbonyl (C=O) groups is 1. The lowest BCUT2D eigenvalue weighted by Gasteiger charge is -2.11. The maximum absolute atomic E-state index is 12.1. The van der Waals surface area contributed by atoms with Gasteiger partial charge in [-0.15, -0.1) is 0 Å². The minimum atomic E-state index is -0.360. The van der Waals surface area contributed by atoms with Crippen LogP contribution in [-0.4, -0.2) is 30.8 Å². The van der Waals surface area contributed by atoms with Crippen LogP contribution < -0.4 is 14.9 Å². The van der Waals surface area contributed by atoms with Gasteiger partial charge in [0.05, 0.1) is 24.5 Å². The summed E-state index contributed by atoms with van der Waals surface area (Å²) < 4.78 is 10.8. The highest BCUT2D eigenvalue weighted by molar-refractivity contribution is 6.31. The molecule has 0 saturated carbocycles. The van der Waals surface area contributed by atoms with Crippen molar-refractivity contribution in [3.63, 3.8) is 0 Å². The maximum Gasteiger partial charge on any atom is 0.277 e. The third kappa shape index (κ3) is 5.99. The number of aromatic nitrogens is 1. The molecule has 0 saturated heterocycles. The van der Waals surface area contributed by atoms with Crippen molar-refractivity contribution >= 4 is 34.6 Å². The molecule has 5 rings (SSSR count). The number of methoxy groups -OCH3 is 1. The summed E-state index contributed by atoms with van der Waals surface area (Å²) in [5, 5.41) is 5.63. The van der Waals surface area contributed by atoms with Crippen LogP contribution in [0.4, 0.5) is 0 Å². The van der Waals surface area contributed by atoms with E-state index in [1.165, 1.54) is 0 Å². The van der Waals surface area contributed by atoms with E-state index in [4.69, 9.17) is 26.1 Å². The van der Waals surface area contributed by atoms with Gasteiger partial charge in [-0.25, -0.2) is 10.4 Å². The molecule has 0 aliphatic carbocycles. The summed E-state index contributed by atoms with van der Waals surface area (Å²) in [6.07, 6.45) is 1.56. The molecule has 0 aliphatic heterocycles. The van der Waals surface area contributed by atoms with Crippen molar-refractivity contribution in [1.82, 2.24) is 10.4 Å². The highest BCUT2D eigenvalue weighted by Gasteiger charge is 2.11. The lowest BCUT2D eigenvalue weighted by atomic mass is 9.98. The number of pyridine rings is 1. The second-order valence-corrected chi connectivity index (χ2v) is 8.90. The highest BCUT2D eigenvalue weighted by atomic mass is 35.5. The fourth-order valence-corrected chi connectivity index (χ4v) is 4.15. The normalized spacial score (nSPS) is 11.0. The number of rotatable bonds is 8. The van der Waals surface area contributed by atoms with Crippen LogP contribution in [0.15, 0.2) is 108 Å². The molecule has 1 heterocycles. The first-order valence-electron chi connectivity index (χ1n) is 11.9. The second kappa shape index (κ2) is 11.6. The van der Waals surface area contributed by atoms with E-state index in [0.717, 1.165) is 44.6 Å². The van der Waals surface area contributed by atoms with Gasteiger partial charge in [-0.1, -0.05) is 41.9 Å². The molecular formula is C31H24ClN3O3. The van der Waals surface area contributed by atoms with Crippen LogP contribution in [0.5, 0.6) is 11.5 Å². The molecule has 0 unspecified atom stereocenters. The summed E-state index contributed by atoms with van der Waals surface area (Å²) >= 11 is 6.29. The Hall–Kier alpha value is -4.68. The summed E-state index contributed by atoms with van der Waals surface area (Å²) in [6.45, 7) is -0.160. The van der Waals surface area contributed by atoms with E-state index in [-0.39, 0.29) is 12.5 Å². The van der Waals surface area contributed by atoms with Gasteiger partial charge in [0.2, 0.25) is 0 Å². The van der Waals surface area contributed by atoms with Crippen molar-refractivity contribution in [1.29, 1.82) is 0 Å². The Bertz CT molecular complexity index is 1590. The average molecular weight is 522 g/mol. The number of ether oxygens (including phenoxy) is 2. The Balaban J connectivity index is 1.26. The van der Waals surface area contributed by atoms with E-state index in [9.17, 15) is 4.79 Å². The van der Waals surface area contributed by atoms with Crippen LogP contribution in [0.1, 0.15) is 5.56 Å². The molecule has 4 aromatic carbocycles. The second-order valence-electron chi connectivity index (χ2n) is 8.46. The number of halogens is 1. The Labute approximate surface area is 225 Å². The molecule has 1 aromatic heterocycles. The van der Waals surface area contributed by atoms with Gasteiger partial charge in [-0.05, 0) is 89.5 Å². The summed E-state index contributed by atoms with van der Waals surface area (Å²) in [6, 6.07) is 32.8. The van der Waals surface area contributed by atoms with Gasteiger partial charge in [0.25, 0.3) is 5.91 Å². The van der Waals surface area contributed by atoms with Gasteiger partial charge in [-0.2, -0.15) is 5.10 Å². The van der Waals surface area contributed by atoms with Gasteiger partial charge < -0.3 is 9.47 Å². The molecule has 188 valence electrons. The lowest BCUT2D eigenvalue weighted by Crippen LogP contribution is -2.24. The molecule has 0 atom stereocenters. The third-order valence-corrected chi connectivity index (χ3v) is 6.13. The van der Waals surface area contributed by atoms with Gasteiger partial charge in [0, 0.05) is 16.0 Å². The van der Waals surface area contributed by atoms with Crippen LogP contribution >= 0.6 is 11.6 Å². The standard InChI is InChI=1S/C31H24ClN3O3/c1-37-25-12-7-21(8-13-25)19-33-35-31(36)20-38-26-14-9-23(10-15-26)30-18-27(22-5-3-2-4-6-22)28-17-24(32)11-16-29(28)34-30/h2-19H,20H2,1H3,(H,35,36). The predicted molar refractivity (Wildman–Crippen MR) is 152 cm³/mol. The Morgan fingerprint density at radius 2 is 1.63 bits per heavy atom.